The summed E-state index contributed by atoms with van der Waals surface area (Å²) in [7, 11) is -4.64. The summed E-state index contributed by atoms with van der Waals surface area (Å²) < 4.78 is 62.6. The van der Waals surface area contributed by atoms with Gasteiger partial charge in [-0.25, -0.2) is 21.9 Å². The molecule has 196 valence electrons. The predicted octanol–water partition coefficient (Wildman–Crippen LogP) is 4.25. The highest BCUT2D eigenvalue weighted by molar-refractivity contribution is 9.10. The number of halogens is 3. The number of fused-ring (bicyclic) bond motifs is 1. The molecule has 1 aliphatic rings. The molecule has 0 spiro atoms. The van der Waals surface area contributed by atoms with Gasteiger partial charge in [-0.2, -0.15) is 0 Å². The Labute approximate surface area is 222 Å². The third kappa shape index (κ3) is 5.85. The van der Waals surface area contributed by atoms with Gasteiger partial charge in [0.1, 0.15) is 34.0 Å². The number of hydrogen-bond acceptors (Lipinski definition) is 5. The molecule has 0 bridgehead atoms. The summed E-state index contributed by atoms with van der Waals surface area (Å²) in [6.45, 7) is 3.49. The summed E-state index contributed by atoms with van der Waals surface area (Å²) in [5.41, 5.74) is 0.220. The zero-order valence-corrected chi connectivity index (χ0v) is 22.4. The SMILES string of the molecule is CC1(C)Oc2ccc(C(=O)NCCc3ccccc3)cc2[C@@H](NS(=O)(=O)c2cc(F)c(Br)cc2F)[C@@H]1O. The lowest BCUT2D eigenvalue weighted by Crippen LogP contribution is -2.53. The Morgan fingerprint density at radius 1 is 1.08 bits per heavy atom. The fourth-order valence-corrected chi connectivity index (χ4v) is 5.68. The molecule has 3 N–H and O–H groups in total. The van der Waals surface area contributed by atoms with Crippen LogP contribution in [0.3, 0.4) is 0 Å². The van der Waals surface area contributed by atoms with Gasteiger partial charge in [-0.15, -0.1) is 0 Å². The number of ether oxygens (including phenoxy) is 1. The van der Waals surface area contributed by atoms with E-state index in [2.05, 4.69) is 26.0 Å². The second-order valence-corrected chi connectivity index (χ2v) is 11.7. The van der Waals surface area contributed by atoms with Gasteiger partial charge in [-0.3, -0.25) is 4.79 Å². The summed E-state index contributed by atoms with van der Waals surface area (Å²) >= 11 is 2.82. The summed E-state index contributed by atoms with van der Waals surface area (Å²) in [6.07, 6.45) is -0.805. The number of aliphatic hydroxyl groups excluding tert-OH is 1. The average Bonchev–Trinajstić information content (AvgIpc) is 2.84. The van der Waals surface area contributed by atoms with Crippen LogP contribution in [0.4, 0.5) is 8.78 Å². The largest absolute Gasteiger partial charge is 0.485 e. The van der Waals surface area contributed by atoms with E-state index in [-0.39, 0.29) is 21.3 Å². The van der Waals surface area contributed by atoms with Gasteiger partial charge in [-0.05, 0) is 72.1 Å². The van der Waals surface area contributed by atoms with Crippen LogP contribution >= 0.6 is 15.9 Å². The number of hydrogen-bond donors (Lipinski definition) is 3. The lowest BCUT2D eigenvalue weighted by molar-refractivity contribution is -0.0603. The van der Waals surface area contributed by atoms with Crippen molar-refractivity contribution in [1.82, 2.24) is 10.0 Å². The molecule has 0 aliphatic carbocycles. The van der Waals surface area contributed by atoms with Crippen LogP contribution in [0.5, 0.6) is 5.75 Å². The average molecular weight is 595 g/mol. The topological polar surface area (TPSA) is 105 Å². The molecule has 1 amide bonds. The normalized spacial score (nSPS) is 18.5. The highest BCUT2D eigenvalue weighted by Crippen LogP contribution is 2.41. The molecule has 7 nitrogen and oxygen atoms in total. The smallest absolute Gasteiger partial charge is 0.251 e. The van der Waals surface area contributed by atoms with Crippen LogP contribution in [0, 0.1) is 11.6 Å². The molecule has 4 rings (SSSR count). The number of aliphatic hydroxyl groups is 1. The van der Waals surface area contributed by atoms with E-state index in [0.29, 0.717) is 25.1 Å². The van der Waals surface area contributed by atoms with Crippen molar-refractivity contribution in [2.45, 2.75) is 42.9 Å². The second-order valence-electron chi connectivity index (χ2n) is 9.19. The van der Waals surface area contributed by atoms with Crippen molar-refractivity contribution in [2.75, 3.05) is 6.54 Å². The van der Waals surface area contributed by atoms with Gasteiger partial charge in [0.25, 0.3) is 5.91 Å². The summed E-state index contributed by atoms with van der Waals surface area (Å²) in [5, 5.41) is 13.8. The number of amides is 1. The van der Waals surface area contributed by atoms with Crippen LogP contribution in [0.25, 0.3) is 0 Å². The molecule has 2 atom stereocenters. The van der Waals surface area contributed by atoms with Gasteiger partial charge >= 0.3 is 0 Å². The predicted molar refractivity (Wildman–Crippen MR) is 137 cm³/mol. The number of carbonyl (C=O) groups excluding carboxylic acids is 1. The van der Waals surface area contributed by atoms with E-state index < -0.39 is 50.2 Å². The molecular weight excluding hydrogens is 570 g/mol. The third-order valence-corrected chi connectivity index (χ3v) is 8.16. The summed E-state index contributed by atoms with van der Waals surface area (Å²) in [4.78, 5) is 11.9. The van der Waals surface area contributed by atoms with E-state index in [0.717, 1.165) is 5.56 Å². The molecule has 1 heterocycles. The van der Waals surface area contributed by atoms with Crippen molar-refractivity contribution in [3.8, 4) is 5.75 Å². The van der Waals surface area contributed by atoms with Crippen LogP contribution in [-0.2, 0) is 16.4 Å². The number of benzene rings is 3. The van der Waals surface area contributed by atoms with Gasteiger partial charge in [0.2, 0.25) is 10.0 Å². The molecule has 0 unspecified atom stereocenters. The monoisotopic (exact) mass is 594 g/mol. The van der Waals surface area contributed by atoms with Crippen molar-refractivity contribution >= 4 is 31.9 Å². The molecule has 0 radical (unpaired) electrons. The first kappa shape index (κ1) is 27.2. The molecule has 0 saturated heterocycles. The molecule has 1 aliphatic heterocycles. The highest BCUT2D eigenvalue weighted by atomic mass is 79.9. The molecule has 3 aromatic rings. The Morgan fingerprint density at radius 3 is 2.49 bits per heavy atom. The number of rotatable bonds is 7. The standard InChI is InChI=1S/C26H25BrF2N2O5S/c1-26(2)24(32)23(31-37(34,35)22-14-19(28)18(27)13-20(22)29)17-12-16(8-9-21(17)36-26)25(33)30-11-10-15-6-4-3-5-7-15/h3-9,12-14,23-24,31-32H,10-11H2,1-2H3,(H,30,33)/t23-,24+/m1/s1. The first-order valence-corrected chi connectivity index (χ1v) is 13.7. The Bertz CT molecular complexity index is 1430. The molecule has 0 aromatic heterocycles. The minimum absolute atomic E-state index is 0.184. The molecular formula is C26H25BrF2N2O5S. The van der Waals surface area contributed by atoms with E-state index in [4.69, 9.17) is 4.74 Å². The lowest BCUT2D eigenvalue weighted by atomic mass is 9.86. The fourth-order valence-electron chi connectivity index (χ4n) is 4.08. The number of sulfonamides is 1. The summed E-state index contributed by atoms with van der Waals surface area (Å²) in [5.74, 6) is -2.30. The minimum atomic E-state index is -4.64. The Morgan fingerprint density at radius 2 is 1.78 bits per heavy atom. The lowest BCUT2D eigenvalue weighted by Gasteiger charge is -2.42. The van der Waals surface area contributed by atoms with Crippen LogP contribution in [0.2, 0.25) is 0 Å². The van der Waals surface area contributed by atoms with E-state index >= 15 is 0 Å². The van der Waals surface area contributed by atoms with Crippen LogP contribution in [0.1, 0.15) is 41.4 Å². The van der Waals surface area contributed by atoms with Crippen molar-refractivity contribution in [2.24, 2.45) is 0 Å². The van der Waals surface area contributed by atoms with Crippen molar-refractivity contribution in [1.29, 1.82) is 0 Å². The minimum Gasteiger partial charge on any atom is -0.485 e. The quantitative estimate of drug-likeness (QED) is 0.355. The third-order valence-electron chi connectivity index (χ3n) is 6.10. The van der Waals surface area contributed by atoms with Crippen LogP contribution in [0.15, 0.2) is 70.0 Å². The second kappa shape index (κ2) is 10.5. The maximum Gasteiger partial charge on any atom is 0.251 e. The summed E-state index contributed by atoms with van der Waals surface area (Å²) in [6, 6.07) is 14.0. The highest BCUT2D eigenvalue weighted by Gasteiger charge is 2.45. The van der Waals surface area contributed by atoms with Gasteiger partial charge in [-0.1, -0.05) is 30.3 Å². The first-order chi connectivity index (χ1) is 17.4. The molecule has 37 heavy (non-hydrogen) atoms. The van der Waals surface area contributed by atoms with E-state index in [1.54, 1.807) is 13.8 Å². The van der Waals surface area contributed by atoms with Crippen molar-refractivity contribution in [3.05, 3.63) is 93.5 Å². The Kier molecular flexibility index (Phi) is 7.70. The van der Waals surface area contributed by atoms with E-state index in [9.17, 15) is 27.1 Å². The Balaban J connectivity index is 1.62. The number of carbonyl (C=O) groups is 1. The fraction of sp³-hybridized carbons (Fsp3) is 0.269. The Hall–Kier alpha value is -2.86. The zero-order valence-electron chi connectivity index (χ0n) is 20.0. The van der Waals surface area contributed by atoms with Gasteiger partial charge in [0.05, 0.1) is 10.5 Å². The van der Waals surface area contributed by atoms with Gasteiger partial charge in [0, 0.05) is 17.7 Å². The maximum absolute atomic E-state index is 14.5. The van der Waals surface area contributed by atoms with Gasteiger partial charge in [0.15, 0.2) is 0 Å². The number of nitrogens with one attached hydrogen (secondary N) is 2. The zero-order chi connectivity index (χ0) is 27.0. The van der Waals surface area contributed by atoms with Crippen LogP contribution in [-0.4, -0.2) is 37.7 Å². The van der Waals surface area contributed by atoms with Crippen molar-refractivity contribution in [3.63, 3.8) is 0 Å². The maximum atomic E-state index is 14.5. The first-order valence-electron chi connectivity index (χ1n) is 11.4. The van der Waals surface area contributed by atoms with Gasteiger partial charge < -0.3 is 15.2 Å². The molecule has 11 heteroatoms. The van der Waals surface area contributed by atoms with Crippen LogP contribution < -0.4 is 14.8 Å². The van der Waals surface area contributed by atoms with E-state index in [1.807, 2.05) is 30.3 Å². The van der Waals surface area contributed by atoms with Crippen molar-refractivity contribution < 1.29 is 31.8 Å². The molecule has 3 aromatic carbocycles. The van der Waals surface area contributed by atoms with E-state index in [1.165, 1.54) is 18.2 Å². The molecule has 0 saturated carbocycles. The molecule has 0 fully saturated rings.